The summed E-state index contributed by atoms with van der Waals surface area (Å²) in [5.74, 6) is -5.13. The number of para-hydroxylation sites is 1. The number of aromatic amines is 1. The number of alkyl halides is 2. The summed E-state index contributed by atoms with van der Waals surface area (Å²) in [6.45, 7) is 6.15. The second-order valence-electron chi connectivity index (χ2n) is 10.2. The summed E-state index contributed by atoms with van der Waals surface area (Å²) in [6, 6.07) is 8.53. The zero-order valence-corrected chi connectivity index (χ0v) is 21.4. The number of hydrogen-bond donors (Lipinski definition) is 4. The summed E-state index contributed by atoms with van der Waals surface area (Å²) in [5.41, 5.74) is 2.69. The Balaban J connectivity index is 1.72. The van der Waals surface area contributed by atoms with Gasteiger partial charge in [-0.2, -0.15) is 0 Å². The van der Waals surface area contributed by atoms with E-state index in [0.717, 1.165) is 18.1 Å². The van der Waals surface area contributed by atoms with Gasteiger partial charge in [-0.1, -0.05) is 24.6 Å². The lowest BCUT2D eigenvalue weighted by molar-refractivity contribution is -0.143. The lowest BCUT2D eigenvalue weighted by Crippen LogP contribution is -2.34. The van der Waals surface area contributed by atoms with Crippen LogP contribution in [0.3, 0.4) is 0 Å². The number of aliphatic carboxylic acids is 1. The predicted octanol–water partition coefficient (Wildman–Crippen LogP) is 5.96. The zero-order valence-electron chi connectivity index (χ0n) is 21.4. The number of hydrogen-bond acceptors (Lipinski definition) is 4. The number of carbonyl (C=O) groups is 1. The van der Waals surface area contributed by atoms with Crippen LogP contribution < -0.4 is 10.9 Å². The molecule has 1 aliphatic rings. The Bertz CT molecular complexity index is 1370. The van der Waals surface area contributed by atoms with Crippen molar-refractivity contribution in [3.05, 3.63) is 74.7 Å². The second-order valence-corrected chi connectivity index (χ2v) is 10.2. The van der Waals surface area contributed by atoms with Crippen LogP contribution in [0.15, 0.2) is 41.2 Å². The Morgan fingerprint density at radius 3 is 2.54 bits per heavy atom. The Morgan fingerprint density at radius 2 is 1.89 bits per heavy atom. The number of aromatic hydroxyl groups is 1. The van der Waals surface area contributed by atoms with Crippen molar-refractivity contribution in [2.45, 2.75) is 71.3 Å². The zero-order chi connectivity index (χ0) is 27.1. The highest BCUT2D eigenvalue weighted by atomic mass is 19.3. The fourth-order valence-electron chi connectivity index (χ4n) is 5.26. The smallest absolute Gasteiger partial charge is 0.306 e. The quantitative estimate of drug-likeness (QED) is 0.292. The van der Waals surface area contributed by atoms with E-state index in [1.807, 2.05) is 26.0 Å². The van der Waals surface area contributed by atoms with Crippen LogP contribution in [0.4, 0.5) is 14.5 Å². The number of carboxylic acids is 1. The van der Waals surface area contributed by atoms with Crippen molar-refractivity contribution in [2.24, 2.45) is 5.92 Å². The van der Waals surface area contributed by atoms with Crippen molar-refractivity contribution in [3.8, 4) is 11.4 Å². The normalized spacial score (nSPS) is 19.0. The molecule has 2 aromatic carbocycles. The lowest BCUT2D eigenvalue weighted by atomic mass is 9.77. The minimum absolute atomic E-state index is 0.0687. The van der Waals surface area contributed by atoms with Gasteiger partial charge in [0.05, 0.1) is 22.9 Å². The maximum Gasteiger partial charge on any atom is 0.306 e. The first kappa shape index (κ1) is 26.4. The molecule has 3 unspecified atom stereocenters. The number of nitrogens with one attached hydrogen (secondary N) is 2. The highest BCUT2D eigenvalue weighted by Crippen LogP contribution is 2.44. The molecule has 3 atom stereocenters. The van der Waals surface area contributed by atoms with Gasteiger partial charge in [-0.05, 0) is 80.8 Å². The Morgan fingerprint density at radius 1 is 1.16 bits per heavy atom. The third kappa shape index (κ3) is 5.26. The Kier molecular flexibility index (Phi) is 7.17. The van der Waals surface area contributed by atoms with Crippen LogP contribution in [0.2, 0.25) is 0 Å². The number of nitrogens with zero attached hydrogens (tertiary/aromatic N) is 1. The van der Waals surface area contributed by atoms with Gasteiger partial charge in [0.1, 0.15) is 11.8 Å². The summed E-state index contributed by atoms with van der Waals surface area (Å²) in [5, 5.41) is 26.1. The molecule has 9 heteroatoms. The van der Waals surface area contributed by atoms with Crippen LogP contribution in [-0.4, -0.2) is 31.9 Å². The van der Waals surface area contributed by atoms with Gasteiger partial charge in [0.15, 0.2) is 0 Å². The third-order valence-corrected chi connectivity index (χ3v) is 7.49. The summed E-state index contributed by atoms with van der Waals surface area (Å²) in [7, 11) is 0. The first-order chi connectivity index (χ1) is 17.4. The van der Waals surface area contributed by atoms with Crippen molar-refractivity contribution in [2.75, 3.05) is 5.32 Å². The molecule has 0 bridgehead atoms. The highest BCUT2D eigenvalue weighted by molar-refractivity contribution is 5.70. The predicted molar refractivity (Wildman–Crippen MR) is 138 cm³/mol. The molecule has 3 aromatic rings. The number of phenolic OH excluding ortho intramolecular Hbond substituents is 1. The van der Waals surface area contributed by atoms with Crippen LogP contribution in [0.25, 0.3) is 5.69 Å². The molecule has 1 saturated carbocycles. The lowest BCUT2D eigenvalue weighted by Gasteiger charge is -2.29. The molecule has 0 aliphatic heterocycles. The average molecular weight is 514 g/mol. The molecule has 0 amide bonds. The topological polar surface area (TPSA) is 107 Å². The van der Waals surface area contributed by atoms with Crippen LogP contribution in [0.5, 0.6) is 5.75 Å². The van der Waals surface area contributed by atoms with E-state index in [1.54, 1.807) is 25.1 Å². The molecule has 1 heterocycles. The first-order valence-corrected chi connectivity index (χ1v) is 12.5. The van der Waals surface area contributed by atoms with Crippen molar-refractivity contribution in [3.63, 3.8) is 0 Å². The number of anilines is 1. The van der Waals surface area contributed by atoms with Crippen LogP contribution in [0.1, 0.15) is 72.5 Å². The number of aryl methyl sites for hydroxylation is 3. The van der Waals surface area contributed by atoms with Crippen molar-refractivity contribution >= 4 is 11.7 Å². The van der Waals surface area contributed by atoms with E-state index in [-0.39, 0.29) is 28.6 Å². The van der Waals surface area contributed by atoms with Gasteiger partial charge in [0, 0.05) is 12.6 Å². The van der Waals surface area contributed by atoms with Crippen LogP contribution >= 0.6 is 0 Å². The molecule has 7 nitrogen and oxygen atoms in total. The number of benzene rings is 2. The minimum Gasteiger partial charge on any atom is -0.505 e. The molecule has 198 valence electrons. The molecule has 4 rings (SSSR count). The molecular weight excluding hydrogens is 480 g/mol. The molecule has 4 N–H and O–H groups in total. The molecule has 37 heavy (non-hydrogen) atoms. The van der Waals surface area contributed by atoms with Gasteiger partial charge < -0.3 is 15.5 Å². The number of aromatic nitrogens is 2. The van der Waals surface area contributed by atoms with Crippen LogP contribution in [0, 0.1) is 26.7 Å². The molecule has 1 fully saturated rings. The monoisotopic (exact) mass is 513 g/mol. The average Bonchev–Trinajstić information content (AvgIpc) is 3.13. The number of carboxylic acid groups (broad SMARTS) is 1. The van der Waals surface area contributed by atoms with Crippen molar-refractivity contribution < 1.29 is 23.8 Å². The van der Waals surface area contributed by atoms with E-state index in [1.165, 1.54) is 10.7 Å². The van der Waals surface area contributed by atoms with Gasteiger partial charge >= 0.3 is 5.97 Å². The van der Waals surface area contributed by atoms with E-state index in [4.69, 9.17) is 0 Å². The van der Waals surface area contributed by atoms with E-state index in [2.05, 4.69) is 10.4 Å². The van der Waals surface area contributed by atoms with Crippen molar-refractivity contribution in [1.29, 1.82) is 0 Å². The summed E-state index contributed by atoms with van der Waals surface area (Å²) in [4.78, 5) is 24.9. The van der Waals surface area contributed by atoms with E-state index in [9.17, 15) is 19.8 Å². The van der Waals surface area contributed by atoms with E-state index >= 15 is 8.78 Å². The number of halogens is 2. The fourth-order valence-corrected chi connectivity index (χ4v) is 5.26. The highest BCUT2D eigenvalue weighted by Gasteiger charge is 2.40. The molecule has 0 spiro atoms. The maximum atomic E-state index is 15.0. The molecule has 0 radical (unpaired) electrons. The largest absolute Gasteiger partial charge is 0.505 e. The van der Waals surface area contributed by atoms with E-state index < -0.39 is 29.4 Å². The van der Waals surface area contributed by atoms with Gasteiger partial charge in [-0.3, -0.25) is 14.7 Å². The van der Waals surface area contributed by atoms with Crippen LogP contribution in [-0.2, 0) is 4.79 Å². The molecule has 1 aliphatic carbocycles. The number of phenols is 1. The summed E-state index contributed by atoms with van der Waals surface area (Å²) >= 11 is 0. The number of rotatable bonds is 7. The summed E-state index contributed by atoms with van der Waals surface area (Å²) < 4.78 is 31.3. The fraction of sp³-hybridized carbons (Fsp3) is 0.429. The second kappa shape index (κ2) is 10.0. The molecule has 1 aromatic heterocycles. The van der Waals surface area contributed by atoms with E-state index in [0.29, 0.717) is 36.9 Å². The number of H-pyrrole nitrogens is 1. The Labute approximate surface area is 214 Å². The maximum absolute atomic E-state index is 15.0. The van der Waals surface area contributed by atoms with Gasteiger partial charge in [0.25, 0.3) is 11.5 Å². The van der Waals surface area contributed by atoms with Gasteiger partial charge in [-0.15, -0.1) is 0 Å². The molecular formula is C28H33F2N3O4. The van der Waals surface area contributed by atoms with Gasteiger partial charge in [0.2, 0.25) is 0 Å². The first-order valence-electron chi connectivity index (χ1n) is 12.5. The van der Waals surface area contributed by atoms with Gasteiger partial charge in [-0.25, -0.2) is 13.5 Å². The minimum atomic E-state index is -3.35. The van der Waals surface area contributed by atoms with Crippen molar-refractivity contribution in [1.82, 2.24) is 9.78 Å². The SMILES string of the molecule is Cc1ccc(-n2[nH]c(C)c(C(Nc3cccc(C4CCCC(C(=O)O)C4)c3O)C(C)(F)F)c2=O)cc1C. The Hall–Kier alpha value is -3.62. The summed E-state index contributed by atoms with van der Waals surface area (Å²) in [6.07, 6.45) is 2.35. The molecule has 0 saturated heterocycles. The third-order valence-electron chi connectivity index (χ3n) is 7.49. The standard InChI is InChI=1S/C28H33F2N3O4/c1-15-11-12-20(13-16(15)2)33-26(35)23(17(3)32-33)25(28(4,29)30)31-22-10-6-9-21(24(22)34)18-7-5-8-19(14-18)27(36)37/h6,9-13,18-19,25,31-32,34H,5,7-8,14H2,1-4H3,(H,36,37).